The number of para-hydroxylation sites is 2. The molecule has 2 rings (SSSR count). The first-order valence-corrected chi connectivity index (χ1v) is 5.34. The molecular formula is C12H11ClN2O2. The Morgan fingerprint density at radius 2 is 2.06 bits per heavy atom. The van der Waals surface area contributed by atoms with E-state index in [1.807, 2.05) is 12.1 Å². The molecule has 88 valence electrons. The Labute approximate surface area is 104 Å². The summed E-state index contributed by atoms with van der Waals surface area (Å²) in [6.07, 6.45) is 1.37. The van der Waals surface area contributed by atoms with E-state index in [1.165, 1.54) is 17.2 Å². The molecule has 0 aliphatic carbocycles. The molecule has 0 bridgehead atoms. The van der Waals surface area contributed by atoms with Crippen LogP contribution in [0.2, 0.25) is 5.22 Å². The third-order valence-electron chi connectivity index (χ3n) is 2.45. The molecule has 1 amide bonds. The van der Waals surface area contributed by atoms with Crippen LogP contribution in [0.15, 0.2) is 41.0 Å². The maximum Gasteiger partial charge on any atom is 0.262 e. The highest BCUT2D eigenvalue weighted by atomic mass is 35.5. The smallest absolute Gasteiger partial charge is 0.262 e. The summed E-state index contributed by atoms with van der Waals surface area (Å²) in [5, 5.41) is 0.0800. The molecule has 0 fully saturated rings. The van der Waals surface area contributed by atoms with E-state index in [0.717, 1.165) is 0 Å². The number of nitrogen functional groups attached to an aromatic ring is 1. The van der Waals surface area contributed by atoms with Gasteiger partial charge in [0.15, 0.2) is 0 Å². The normalized spacial score (nSPS) is 10.2. The SMILES string of the molecule is CN(C(=O)c1ccoc1Cl)c1ccccc1N. The second-order valence-electron chi connectivity index (χ2n) is 3.53. The zero-order valence-corrected chi connectivity index (χ0v) is 9.94. The van der Waals surface area contributed by atoms with Crippen LogP contribution >= 0.6 is 11.6 Å². The second-order valence-corrected chi connectivity index (χ2v) is 3.87. The molecule has 1 aromatic carbocycles. The lowest BCUT2D eigenvalue weighted by Crippen LogP contribution is -2.26. The lowest BCUT2D eigenvalue weighted by Gasteiger charge is -2.18. The van der Waals surface area contributed by atoms with Crippen molar-refractivity contribution in [3.8, 4) is 0 Å². The molecule has 0 aliphatic heterocycles. The minimum absolute atomic E-state index is 0.0800. The molecular weight excluding hydrogens is 240 g/mol. The number of amides is 1. The summed E-state index contributed by atoms with van der Waals surface area (Å²) in [7, 11) is 1.64. The van der Waals surface area contributed by atoms with Gasteiger partial charge in [0.1, 0.15) is 0 Å². The van der Waals surface area contributed by atoms with Gasteiger partial charge in [-0.1, -0.05) is 12.1 Å². The first-order valence-electron chi connectivity index (χ1n) is 4.97. The van der Waals surface area contributed by atoms with Crippen molar-refractivity contribution >= 4 is 28.9 Å². The van der Waals surface area contributed by atoms with Crippen molar-refractivity contribution in [2.75, 3.05) is 17.7 Å². The molecule has 1 aromatic heterocycles. The largest absolute Gasteiger partial charge is 0.452 e. The van der Waals surface area contributed by atoms with Gasteiger partial charge in [-0.25, -0.2) is 0 Å². The van der Waals surface area contributed by atoms with Gasteiger partial charge < -0.3 is 15.1 Å². The van der Waals surface area contributed by atoms with Crippen molar-refractivity contribution in [2.45, 2.75) is 0 Å². The molecule has 0 saturated heterocycles. The predicted octanol–water partition coefficient (Wildman–Crippen LogP) is 2.79. The lowest BCUT2D eigenvalue weighted by molar-refractivity contribution is 0.0992. The quantitative estimate of drug-likeness (QED) is 0.834. The van der Waals surface area contributed by atoms with Crippen molar-refractivity contribution in [2.24, 2.45) is 0 Å². The fourth-order valence-electron chi connectivity index (χ4n) is 1.53. The number of rotatable bonds is 2. The number of furan rings is 1. The maximum atomic E-state index is 12.1. The molecule has 5 heteroatoms. The van der Waals surface area contributed by atoms with Crippen molar-refractivity contribution in [1.82, 2.24) is 0 Å². The number of anilines is 2. The molecule has 4 nitrogen and oxygen atoms in total. The van der Waals surface area contributed by atoms with Gasteiger partial charge in [-0.15, -0.1) is 0 Å². The molecule has 0 aliphatic rings. The van der Waals surface area contributed by atoms with Crippen molar-refractivity contribution in [3.05, 3.63) is 47.4 Å². The molecule has 0 saturated carbocycles. The van der Waals surface area contributed by atoms with E-state index < -0.39 is 0 Å². The molecule has 2 N–H and O–H groups in total. The highest BCUT2D eigenvalue weighted by Gasteiger charge is 2.19. The van der Waals surface area contributed by atoms with Gasteiger partial charge >= 0.3 is 0 Å². The number of nitrogens with zero attached hydrogens (tertiary/aromatic N) is 1. The molecule has 0 atom stereocenters. The van der Waals surface area contributed by atoms with Crippen LogP contribution in [0.5, 0.6) is 0 Å². The van der Waals surface area contributed by atoms with Crippen LogP contribution in [0.1, 0.15) is 10.4 Å². The van der Waals surface area contributed by atoms with Gasteiger partial charge in [0.25, 0.3) is 5.91 Å². The standard InChI is InChI=1S/C12H11ClN2O2/c1-15(10-5-3-2-4-9(10)14)12(16)8-6-7-17-11(8)13/h2-7H,14H2,1H3. The summed E-state index contributed by atoms with van der Waals surface area (Å²) >= 11 is 5.76. The molecule has 1 heterocycles. The third kappa shape index (κ3) is 2.12. The van der Waals surface area contributed by atoms with Crippen LogP contribution < -0.4 is 10.6 Å². The molecule has 17 heavy (non-hydrogen) atoms. The number of hydrogen-bond donors (Lipinski definition) is 1. The van der Waals surface area contributed by atoms with Gasteiger partial charge in [0.2, 0.25) is 5.22 Å². The number of halogens is 1. The summed E-state index contributed by atoms with van der Waals surface area (Å²) < 4.78 is 4.89. The Morgan fingerprint density at radius 1 is 1.35 bits per heavy atom. The monoisotopic (exact) mass is 250 g/mol. The van der Waals surface area contributed by atoms with E-state index in [0.29, 0.717) is 16.9 Å². The third-order valence-corrected chi connectivity index (χ3v) is 2.74. The minimum atomic E-state index is -0.262. The second kappa shape index (κ2) is 4.51. The Kier molecular flexibility index (Phi) is 3.06. The fourth-order valence-corrected chi connectivity index (χ4v) is 1.72. The van der Waals surface area contributed by atoms with E-state index in [2.05, 4.69) is 0 Å². The summed E-state index contributed by atoms with van der Waals surface area (Å²) in [4.78, 5) is 13.5. The van der Waals surface area contributed by atoms with E-state index in [1.54, 1.807) is 19.2 Å². The zero-order chi connectivity index (χ0) is 12.4. The average molecular weight is 251 g/mol. The summed E-state index contributed by atoms with van der Waals surface area (Å²) in [5.74, 6) is -0.262. The van der Waals surface area contributed by atoms with Crippen molar-refractivity contribution in [3.63, 3.8) is 0 Å². The number of carbonyl (C=O) groups is 1. The molecule has 0 radical (unpaired) electrons. The molecule has 2 aromatic rings. The Morgan fingerprint density at radius 3 is 2.65 bits per heavy atom. The van der Waals surface area contributed by atoms with Gasteiger partial charge in [-0.05, 0) is 29.8 Å². The lowest BCUT2D eigenvalue weighted by atomic mass is 10.2. The number of benzene rings is 1. The minimum Gasteiger partial charge on any atom is -0.452 e. The zero-order valence-electron chi connectivity index (χ0n) is 9.18. The number of hydrogen-bond acceptors (Lipinski definition) is 3. The van der Waals surface area contributed by atoms with Crippen LogP contribution in [0.4, 0.5) is 11.4 Å². The van der Waals surface area contributed by atoms with Crippen molar-refractivity contribution in [1.29, 1.82) is 0 Å². The van der Waals surface area contributed by atoms with Gasteiger partial charge in [-0.2, -0.15) is 0 Å². The Hall–Kier alpha value is -1.94. The van der Waals surface area contributed by atoms with E-state index in [4.69, 9.17) is 21.8 Å². The Balaban J connectivity index is 2.33. The summed E-state index contributed by atoms with van der Waals surface area (Å²) in [6, 6.07) is 8.64. The van der Waals surface area contributed by atoms with Crippen LogP contribution in [0.25, 0.3) is 0 Å². The molecule has 0 spiro atoms. The number of nitrogens with two attached hydrogens (primary N) is 1. The maximum absolute atomic E-state index is 12.1. The van der Waals surface area contributed by atoms with E-state index >= 15 is 0 Å². The van der Waals surface area contributed by atoms with Crippen LogP contribution in [-0.2, 0) is 0 Å². The van der Waals surface area contributed by atoms with Crippen LogP contribution in [-0.4, -0.2) is 13.0 Å². The van der Waals surface area contributed by atoms with Crippen LogP contribution in [0.3, 0.4) is 0 Å². The summed E-state index contributed by atoms with van der Waals surface area (Å²) in [6.45, 7) is 0. The van der Waals surface area contributed by atoms with E-state index in [-0.39, 0.29) is 11.1 Å². The van der Waals surface area contributed by atoms with Gasteiger partial charge in [0.05, 0.1) is 23.2 Å². The van der Waals surface area contributed by atoms with Crippen molar-refractivity contribution < 1.29 is 9.21 Å². The first-order chi connectivity index (χ1) is 8.11. The molecule has 0 unspecified atom stereocenters. The highest BCUT2D eigenvalue weighted by molar-refractivity contribution is 6.32. The van der Waals surface area contributed by atoms with Gasteiger partial charge in [0, 0.05) is 7.05 Å². The average Bonchev–Trinajstić information content (AvgIpc) is 2.74. The van der Waals surface area contributed by atoms with Crippen LogP contribution in [0, 0.1) is 0 Å². The number of carbonyl (C=O) groups excluding carboxylic acids is 1. The van der Waals surface area contributed by atoms with Gasteiger partial charge in [-0.3, -0.25) is 4.79 Å². The first kappa shape index (κ1) is 11.5. The Bertz CT molecular complexity index is 551. The topological polar surface area (TPSA) is 59.5 Å². The predicted molar refractivity (Wildman–Crippen MR) is 67.3 cm³/mol. The highest BCUT2D eigenvalue weighted by Crippen LogP contribution is 2.25. The fraction of sp³-hybridized carbons (Fsp3) is 0.0833. The summed E-state index contributed by atoms with van der Waals surface area (Å²) in [5.41, 5.74) is 7.28. The van der Waals surface area contributed by atoms with E-state index in [9.17, 15) is 4.79 Å².